The Morgan fingerprint density at radius 3 is 2.71 bits per heavy atom. The molecule has 2 N–H and O–H groups in total. The highest BCUT2D eigenvalue weighted by Crippen LogP contribution is 2.17. The molecule has 21 heavy (non-hydrogen) atoms. The molecular weight excluding hydrogens is 290 g/mol. The van der Waals surface area contributed by atoms with E-state index in [2.05, 4.69) is 0 Å². The summed E-state index contributed by atoms with van der Waals surface area (Å²) in [5.74, 6) is 0.533. The molecule has 1 aromatic carbocycles. The quantitative estimate of drug-likeness (QED) is 0.802. The minimum Gasteiger partial charge on any atom is -0.491 e. The van der Waals surface area contributed by atoms with Crippen LogP contribution in [0.3, 0.4) is 0 Å². The van der Waals surface area contributed by atoms with Crippen LogP contribution in [0.4, 0.5) is 0 Å². The molecule has 0 aliphatic carbocycles. The molecule has 0 atom stereocenters. The third kappa shape index (κ3) is 3.38. The Bertz CT molecular complexity index is 780. The van der Waals surface area contributed by atoms with Gasteiger partial charge in [-0.15, -0.1) is 0 Å². The van der Waals surface area contributed by atoms with Crippen LogP contribution in [0.25, 0.3) is 0 Å². The summed E-state index contributed by atoms with van der Waals surface area (Å²) in [7, 11) is 1.58. The van der Waals surface area contributed by atoms with E-state index >= 15 is 0 Å². The van der Waals surface area contributed by atoms with Gasteiger partial charge < -0.3 is 15.0 Å². The zero-order valence-corrected chi connectivity index (χ0v) is 12.3. The molecule has 110 valence electrons. The molecule has 0 spiro atoms. The standard InChI is InChI=1S/C14H15N3O3S/c1-16-7-6-12(18)17(14(16)19)8-9-20-11-5-3-2-4-10(11)13(15)21/h2-7H,8-9H2,1H3,(H2,15,21). The van der Waals surface area contributed by atoms with Crippen LogP contribution in [0.1, 0.15) is 5.56 Å². The van der Waals surface area contributed by atoms with Gasteiger partial charge in [-0.25, -0.2) is 4.79 Å². The van der Waals surface area contributed by atoms with Gasteiger partial charge >= 0.3 is 5.69 Å². The van der Waals surface area contributed by atoms with Gasteiger partial charge in [0.15, 0.2) is 0 Å². The van der Waals surface area contributed by atoms with E-state index in [1.807, 2.05) is 0 Å². The average molecular weight is 305 g/mol. The van der Waals surface area contributed by atoms with Crippen LogP contribution in [-0.2, 0) is 13.6 Å². The Labute approximate surface area is 126 Å². The fraction of sp³-hybridized carbons (Fsp3) is 0.214. The summed E-state index contributed by atoms with van der Waals surface area (Å²) >= 11 is 4.94. The number of nitrogens with two attached hydrogens (primary N) is 1. The van der Waals surface area contributed by atoms with Crippen LogP contribution in [0.2, 0.25) is 0 Å². The van der Waals surface area contributed by atoms with Crippen molar-refractivity contribution in [3.05, 3.63) is 62.9 Å². The zero-order chi connectivity index (χ0) is 15.4. The van der Waals surface area contributed by atoms with E-state index in [1.54, 1.807) is 31.3 Å². The fourth-order valence-corrected chi connectivity index (χ4v) is 2.03. The van der Waals surface area contributed by atoms with Crippen molar-refractivity contribution in [1.29, 1.82) is 0 Å². The molecule has 0 saturated carbocycles. The van der Waals surface area contributed by atoms with Gasteiger partial charge in [0.25, 0.3) is 5.56 Å². The molecule has 0 amide bonds. The van der Waals surface area contributed by atoms with Gasteiger partial charge in [0.1, 0.15) is 17.3 Å². The molecule has 0 radical (unpaired) electrons. The summed E-state index contributed by atoms with van der Waals surface area (Å²) in [6.07, 6.45) is 1.43. The highest BCUT2D eigenvalue weighted by atomic mass is 32.1. The van der Waals surface area contributed by atoms with E-state index in [4.69, 9.17) is 22.7 Å². The Kier molecular flexibility index (Phi) is 4.54. The fourth-order valence-electron chi connectivity index (χ4n) is 1.86. The molecule has 0 aliphatic rings. The Morgan fingerprint density at radius 2 is 2.00 bits per heavy atom. The second-order valence-electron chi connectivity index (χ2n) is 4.41. The monoisotopic (exact) mass is 305 g/mol. The van der Waals surface area contributed by atoms with Crippen molar-refractivity contribution in [2.45, 2.75) is 6.54 Å². The number of hydrogen-bond acceptors (Lipinski definition) is 4. The summed E-state index contributed by atoms with van der Waals surface area (Å²) in [5.41, 5.74) is 5.50. The number of aromatic nitrogens is 2. The first-order valence-corrected chi connectivity index (χ1v) is 6.69. The van der Waals surface area contributed by atoms with Gasteiger partial charge in [-0.05, 0) is 12.1 Å². The van der Waals surface area contributed by atoms with E-state index in [0.29, 0.717) is 11.3 Å². The van der Waals surface area contributed by atoms with Crippen LogP contribution in [0, 0.1) is 0 Å². The average Bonchev–Trinajstić information content (AvgIpc) is 2.47. The molecule has 2 aromatic rings. The SMILES string of the molecule is Cn1ccc(=O)n(CCOc2ccccc2C(N)=S)c1=O. The number of nitrogens with zero attached hydrogens (tertiary/aromatic N) is 2. The number of rotatable bonds is 5. The Hall–Kier alpha value is -2.41. The first-order valence-electron chi connectivity index (χ1n) is 6.29. The minimum absolute atomic E-state index is 0.151. The lowest BCUT2D eigenvalue weighted by atomic mass is 10.2. The molecule has 6 nitrogen and oxygen atoms in total. The lowest BCUT2D eigenvalue weighted by Crippen LogP contribution is -2.39. The number of aryl methyl sites for hydroxylation is 1. The number of thiocarbonyl (C=S) groups is 1. The molecular formula is C14H15N3O3S. The predicted octanol–water partition coefficient (Wildman–Crippen LogP) is 0.260. The van der Waals surface area contributed by atoms with Gasteiger partial charge in [-0.1, -0.05) is 24.4 Å². The highest BCUT2D eigenvalue weighted by Gasteiger charge is 2.07. The van der Waals surface area contributed by atoms with Gasteiger partial charge in [0.05, 0.1) is 12.1 Å². The maximum atomic E-state index is 11.8. The van der Waals surface area contributed by atoms with E-state index in [1.165, 1.54) is 16.8 Å². The number of para-hydroxylation sites is 1. The second-order valence-corrected chi connectivity index (χ2v) is 4.85. The van der Waals surface area contributed by atoms with Crippen molar-refractivity contribution in [2.75, 3.05) is 6.61 Å². The molecule has 2 rings (SSSR count). The van der Waals surface area contributed by atoms with Gasteiger partial charge in [0, 0.05) is 19.3 Å². The predicted molar refractivity (Wildman–Crippen MR) is 83.8 cm³/mol. The third-order valence-electron chi connectivity index (χ3n) is 2.96. The Balaban J connectivity index is 2.13. The van der Waals surface area contributed by atoms with E-state index in [-0.39, 0.29) is 29.4 Å². The first kappa shape index (κ1) is 15.0. The molecule has 0 aliphatic heterocycles. The maximum Gasteiger partial charge on any atom is 0.330 e. The van der Waals surface area contributed by atoms with Crippen LogP contribution in [0.5, 0.6) is 5.75 Å². The normalized spacial score (nSPS) is 10.3. The molecule has 0 saturated heterocycles. The smallest absolute Gasteiger partial charge is 0.330 e. The van der Waals surface area contributed by atoms with Crippen LogP contribution in [-0.4, -0.2) is 20.7 Å². The van der Waals surface area contributed by atoms with Crippen molar-refractivity contribution in [3.63, 3.8) is 0 Å². The van der Waals surface area contributed by atoms with E-state index < -0.39 is 0 Å². The molecule has 0 fully saturated rings. The van der Waals surface area contributed by atoms with E-state index in [0.717, 1.165) is 4.57 Å². The summed E-state index contributed by atoms with van der Waals surface area (Å²) < 4.78 is 8.03. The lowest BCUT2D eigenvalue weighted by molar-refractivity contribution is 0.291. The number of benzene rings is 1. The molecule has 0 bridgehead atoms. The third-order valence-corrected chi connectivity index (χ3v) is 3.18. The maximum absolute atomic E-state index is 11.8. The lowest BCUT2D eigenvalue weighted by Gasteiger charge is -2.11. The molecule has 1 heterocycles. The van der Waals surface area contributed by atoms with E-state index in [9.17, 15) is 9.59 Å². The van der Waals surface area contributed by atoms with Crippen LogP contribution in [0.15, 0.2) is 46.1 Å². The van der Waals surface area contributed by atoms with Crippen molar-refractivity contribution in [2.24, 2.45) is 12.8 Å². The Morgan fingerprint density at radius 1 is 1.29 bits per heavy atom. The summed E-state index contributed by atoms with van der Waals surface area (Å²) in [6, 6.07) is 8.43. The molecule has 7 heteroatoms. The van der Waals surface area contributed by atoms with Crippen molar-refractivity contribution < 1.29 is 4.74 Å². The topological polar surface area (TPSA) is 79.2 Å². The largest absolute Gasteiger partial charge is 0.491 e. The van der Waals surface area contributed by atoms with Crippen LogP contribution < -0.4 is 21.7 Å². The van der Waals surface area contributed by atoms with Crippen molar-refractivity contribution >= 4 is 17.2 Å². The second kappa shape index (κ2) is 6.36. The summed E-state index contributed by atoms with van der Waals surface area (Å²) in [5, 5.41) is 0. The van der Waals surface area contributed by atoms with Crippen LogP contribution >= 0.6 is 12.2 Å². The van der Waals surface area contributed by atoms with Crippen molar-refractivity contribution in [3.8, 4) is 5.75 Å². The van der Waals surface area contributed by atoms with Gasteiger partial charge in [-0.2, -0.15) is 0 Å². The van der Waals surface area contributed by atoms with Gasteiger partial charge in [-0.3, -0.25) is 9.36 Å². The van der Waals surface area contributed by atoms with Crippen molar-refractivity contribution in [1.82, 2.24) is 9.13 Å². The summed E-state index contributed by atoms with van der Waals surface area (Å²) in [4.78, 5) is 23.7. The van der Waals surface area contributed by atoms with Gasteiger partial charge in [0.2, 0.25) is 0 Å². The zero-order valence-electron chi connectivity index (χ0n) is 11.5. The summed E-state index contributed by atoms with van der Waals surface area (Å²) in [6.45, 7) is 0.316. The molecule has 1 aromatic heterocycles. The number of ether oxygens (including phenoxy) is 1. The minimum atomic E-state index is -0.381. The first-order chi connectivity index (χ1) is 10.0. The highest BCUT2D eigenvalue weighted by molar-refractivity contribution is 7.80. The number of hydrogen-bond donors (Lipinski definition) is 1. The molecule has 0 unspecified atom stereocenters.